The van der Waals surface area contributed by atoms with Gasteiger partial charge in [-0.2, -0.15) is 18.3 Å². The Morgan fingerprint density at radius 1 is 1.00 bits per heavy atom. The number of nitrogens with zero attached hydrogens (tertiary/aromatic N) is 2. The van der Waals surface area contributed by atoms with E-state index >= 15 is 0 Å². The van der Waals surface area contributed by atoms with Gasteiger partial charge >= 0.3 is 6.18 Å². The van der Waals surface area contributed by atoms with Gasteiger partial charge in [-0.05, 0) is 71.8 Å². The fraction of sp³-hybridized carbons (Fsp3) is 0.241. The van der Waals surface area contributed by atoms with Crippen LogP contribution in [-0.4, -0.2) is 22.7 Å². The standard InChI is InChI=1S/C29H28F3N5O2/c30-29(31,32)26-15-25(35-36-26)28(38)37(23-8-1-4-19(12-23)16-33)24-9-3-6-21(14-24)27(39-17-18-10-11-18)20-5-2-7-22(34)13-20/h1-9,12-15,18,27H,10-11,16-17,33-34H2,(H,35,36). The summed E-state index contributed by atoms with van der Waals surface area (Å²) >= 11 is 0. The van der Waals surface area contributed by atoms with E-state index in [2.05, 4.69) is 5.10 Å². The number of aromatic nitrogens is 2. The Bertz CT molecular complexity index is 1470. The lowest BCUT2D eigenvalue weighted by Gasteiger charge is -2.25. The first kappa shape index (κ1) is 26.5. The van der Waals surface area contributed by atoms with E-state index in [1.165, 1.54) is 4.90 Å². The van der Waals surface area contributed by atoms with E-state index in [4.69, 9.17) is 16.2 Å². The minimum atomic E-state index is -4.67. The van der Waals surface area contributed by atoms with Crippen LogP contribution >= 0.6 is 0 Å². The lowest BCUT2D eigenvalue weighted by atomic mass is 9.99. The summed E-state index contributed by atoms with van der Waals surface area (Å²) in [4.78, 5) is 15.0. The van der Waals surface area contributed by atoms with Crippen LogP contribution < -0.4 is 16.4 Å². The molecule has 0 radical (unpaired) electrons. The smallest absolute Gasteiger partial charge is 0.399 e. The second-order valence-corrected chi connectivity index (χ2v) is 9.60. The number of carbonyl (C=O) groups excluding carboxylic acids is 1. The molecule has 4 aromatic rings. The molecule has 1 aliphatic carbocycles. The normalized spacial score (nSPS) is 14.3. The van der Waals surface area contributed by atoms with Gasteiger partial charge < -0.3 is 16.2 Å². The molecule has 5 rings (SSSR count). The molecule has 39 heavy (non-hydrogen) atoms. The van der Waals surface area contributed by atoms with Crippen molar-refractivity contribution in [2.75, 3.05) is 17.2 Å². The molecule has 3 aromatic carbocycles. The molecule has 1 amide bonds. The summed E-state index contributed by atoms with van der Waals surface area (Å²) in [6.07, 6.45) is -2.89. The summed E-state index contributed by atoms with van der Waals surface area (Å²) in [5, 5.41) is 5.59. The average molecular weight is 536 g/mol. The van der Waals surface area contributed by atoms with Crippen molar-refractivity contribution in [2.45, 2.75) is 31.7 Å². The number of nitrogens with one attached hydrogen (secondary N) is 1. The monoisotopic (exact) mass is 535 g/mol. The maximum absolute atomic E-state index is 13.7. The number of ether oxygens (including phenoxy) is 1. The summed E-state index contributed by atoms with van der Waals surface area (Å²) in [6.45, 7) is 0.807. The van der Waals surface area contributed by atoms with Crippen LogP contribution in [0.1, 0.15) is 51.8 Å². The predicted octanol–water partition coefficient (Wildman–Crippen LogP) is 5.96. The van der Waals surface area contributed by atoms with Gasteiger partial charge in [0.1, 0.15) is 11.8 Å². The number of hydrogen-bond donors (Lipinski definition) is 3. The molecular formula is C29H28F3N5O2. The van der Waals surface area contributed by atoms with Gasteiger partial charge in [0.15, 0.2) is 5.69 Å². The zero-order chi connectivity index (χ0) is 27.6. The van der Waals surface area contributed by atoms with E-state index in [1.54, 1.807) is 48.5 Å². The summed E-state index contributed by atoms with van der Waals surface area (Å²) in [7, 11) is 0. The van der Waals surface area contributed by atoms with E-state index in [0.717, 1.165) is 29.5 Å². The van der Waals surface area contributed by atoms with E-state index < -0.39 is 23.9 Å². The lowest BCUT2D eigenvalue weighted by molar-refractivity contribution is -0.141. The van der Waals surface area contributed by atoms with Crippen LogP contribution in [0.25, 0.3) is 0 Å². The van der Waals surface area contributed by atoms with Gasteiger partial charge in [-0.25, -0.2) is 0 Å². The number of hydrogen-bond acceptors (Lipinski definition) is 5. The average Bonchev–Trinajstić information content (AvgIpc) is 3.60. The molecule has 1 atom stereocenters. The van der Waals surface area contributed by atoms with Crippen molar-refractivity contribution in [3.8, 4) is 0 Å². The summed E-state index contributed by atoms with van der Waals surface area (Å²) < 4.78 is 46.1. The van der Waals surface area contributed by atoms with Gasteiger partial charge in [0.2, 0.25) is 0 Å². The molecule has 7 nitrogen and oxygen atoms in total. The summed E-state index contributed by atoms with van der Waals surface area (Å²) in [6, 6.07) is 22.3. The van der Waals surface area contributed by atoms with E-state index in [1.807, 2.05) is 29.4 Å². The van der Waals surface area contributed by atoms with Gasteiger partial charge in [-0.15, -0.1) is 0 Å². The topological polar surface area (TPSA) is 110 Å². The molecular weight excluding hydrogens is 507 g/mol. The minimum absolute atomic E-state index is 0.225. The zero-order valence-electron chi connectivity index (χ0n) is 21.0. The van der Waals surface area contributed by atoms with Crippen LogP contribution in [0.5, 0.6) is 0 Å². The number of aromatic amines is 1. The number of anilines is 3. The zero-order valence-corrected chi connectivity index (χ0v) is 21.0. The number of nitrogens with two attached hydrogens (primary N) is 2. The van der Waals surface area contributed by atoms with Crippen molar-refractivity contribution in [2.24, 2.45) is 11.7 Å². The van der Waals surface area contributed by atoms with Crippen LogP contribution in [-0.2, 0) is 17.5 Å². The molecule has 1 unspecified atom stereocenters. The molecule has 10 heteroatoms. The first-order valence-electron chi connectivity index (χ1n) is 12.6. The second-order valence-electron chi connectivity index (χ2n) is 9.60. The van der Waals surface area contributed by atoms with Crippen LogP contribution in [0.4, 0.5) is 30.2 Å². The van der Waals surface area contributed by atoms with E-state index in [-0.39, 0.29) is 12.2 Å². The highest BCUT2D eigenvalue weighted by Crippen LogP contribution is 2.37. The molecule has 1 saturated carbocycles. The second kappa shape index (κ2) is 10.9. The highest BCUT2D eigenvalue weighted by atomic mass is 19.4. The molecule has 0 aliphatic heterocycles. The van der Waals surface area contributed by atoms with Crippen molar-refractivity contribution in [3.63, 3.8) is 0 Å². The number of H-pyrrole nitrogens is 1. The quantitative estimate of drug-likeness (QED) is 0.229. The van der Waals surface area contributed by atoms with Gasteiger partial charge in [-0.1, -0.05) is 36.4 Å². The molecule has 0 saturated heterocycles. The molecule has 0 bridgehead atoms. The first-order valence-corrected chi connectivity index (χ1v) is 12.6. The van der Waals surface area contributed by atoms with Crippen molar-refractivity contribution in [1.82, 2.24) is 10.2 Å². The summed E-state index contributed by atoms with van der Waals surface area (Å²) in [5.74, 6) is -0.219. The molecule has 1 heterocycles. The van der Waals surface area contributed by atoms with Crippen LogP contribution in [0.15, 0.2) is 78.9 Å². The Kier molecular flexibility index (Phi) is 7.40. The number of benzene rings is 3. The first-order chi connectivity index (χ1) is 18.7. The molecule has 1 aliphatic rings. The predicted molar refractivity (Wildman–Crippen MR) is 142 cm³/mol. The van der Waals surface area contributed by atoms with Gasteiger partial charge in [0.05, 0.1) is 6.61 Å². The maximum Gasteiger partial charge on any atom is 0.432 e. The number of rotatable bonds is 9. The number of alkyl halides is 3. The van der Waals surface area contributed by atoms with Gasteiger partial charge in [0, 0.05) is 29.7 Å². The Morgan fingerprint density at radius 2 is 1.67 bits per heavy atom. The fourth-order valence-electron chi connectivity index (χ4n) is 4.35. The Balaban J connectivity index is 1.57. The van der Waals surface area contributed by atoms with Crippen molar-refractivity contribution < 1.29 is 22.7 Å². The van der Waals surface area contributed by atoms with Gasteiger partial charge in [-0.3, -0.25) is 14.8 Å². The minimum Gasteiger partial charge on any atom is -0.399 e. The Hall–Kier alpha value is -4.15. The molecule has 202 valence electrons. The molecule has 1 fully saturated rings. The van der Waals surface area contributed by atoms with Crippen molar-refractivity contribution >= 4 is 23.0 Å². The lowest BCUT2D eigenvalue weighted by Crippen LogP contribution is -2.27. The maximum atomic E-state index is 13.7. The number of carbonyl (C=O) groups is 1. The van der Waals surface area contributed by atoms with Crippen LogP contribution in [0, 0.1) is 5.92 Å². The Labute approximate surface area is 223 Å². The molecule has 1 aromatic heterocycles. The van der Waals surface area contributed by atoms with E-state index in [9.17, 15) is 18.0 Å². The Morgan fingerprint density at radius 3 is 2.31 bits per heavy atom. The van der Waals surface area contributed by atoms with E-state index in [0.29, 0.717) is 35.7 Å². The number of nitrogen functional groups attached to an aromatic ring is 1. The van der Waals surface area contributed by atoms with Crippen LogP contribution in [0.2, 0.25) is 0 Å². The summed E-state index contributed by atoms with van der Waals surface area (Å²) in [5.41, 5.74) is 14.3. The highest BCUT2D eigenvalue weighted by Gasteiger charge is 2.35. The fourth-order valence-corrected chi connectivity index (χ4v) is 4.35. The van der Waals surface area contributed by atoms with Crippen LogP contribution in [0.3, 0.4) is 0 Å². The third-order valence-electron chi connectivity index (χ3n) is 6.55. The third kappa shape index (κ3) is 6.13. The SMILES string of the molecule is NCc1cccc(N(C(=O)c2cc(C(F)(F)F)[nH]n2)c2cccc(C(OCC3CC3)c3cccc(N)c3)c2)c1. The van der Waals surface area contributed by atoms with Crippen molar-refractivity contribution in [3.05, 3.63) is 107 Å². The third-order valence-corrected chi connectivity index (χ3v) is 6.55. The van der Waals surface area contributed by atoms with Gasteiger partial charge in [0.25, 0.3) is 5.91 Å². The number of amides is 1. The highest BCUT2D eigenvalue weighted by molar-refractivity contribution is 6.10. The molecule has 0 spiro atoms. The van der Waals surface area contributed by atoms with Crippen molar-refractivity contribution in [1.29, 1.82) is 0 Å². The largest absolute Gasteiger partial charge is 0.432 e. The number of halogens is 3. The molecule has 5 N–H and O–H groups in total.